The van der Waals surface area contributed by atoms with Crippen molar-refractivity contribution in [2.45, 2.75) is 13.8 Å². The Labute approximate surface area is 64.6 Å². The van der Waals surface area contributed by atoms with Gasteiger partial charge >= 0.3 is 0 Å². The van der Waals surface area contributed by atoms with Crippen LogP contribution in [-0.2, 0) is 4.79 Å². The van der Waals surface area contributed by atoms with Crippen LogP contribution < -0.4 is 0 Å². The van der Waals surface area contributed by atoms with E-state index in [0.29, 0.717) is 0 Å². The van der Waals surface area contributed by atoms with Crippen LogP contribution in [0.25, 0.3) is 0 Å². The number of halogens is 1. The van der Waals surface area contributed by atoms with E-state index in [9.17, 15) is 4.79 Å². The summed E-state index contributed by atoms with van der Waals surface area (Å²) in [6.45, 7) is 3.62. The first kappa shape index (κ1) is 7.54. The second kappa shape index (κ2) is 2.23. The van der Waals surface area contributed by atoms with Crippen LogP contribution in [-0.4, -0.2) is 23.1 Å². The highest BCUT2D eigenvalue weighted by molar-refractivity contribution is 6.19. The first-order valence-electron chi connectivity index (χ1n) is 3.01. The fourth-order valence-corrected chi connectivity index (χ4v) is 0.910. The third-order valence-electron chi connectivity index (χ3n) is 1.42. The van der Waals surface area contributed by atoms with Crippen molar-refractivity contribution in [3.8, 4) is 0 Å². The van der Waals surface area contributed by atoms with Crippen LogP contribution in [0, 0.1) is 5.41 Å². The summed E-state index contributed by atoms with van der Waals surface area (Å²) >= 11 is 5.42. The van der Waals surface area contributed by atoms with Gasteiger partial charge in [0.05, 0.1) is 5.41 Å². The number of nitrogens with zero attached hydrogens (tertiary/aromatic N) is 2. The lowest BCUT2D eigenvalue weighted by molar-refractivity contribution is -0.133. The maximum Gasteiger partial charge on any atom is 0.254 e. The van der Waals surface area contributed by atoms with Gasteiger partial charge in [-0.25, -0.2) is 5.01 Å². The average molecular weight is 161 g/mol. The zero-order valence-electron chi connectivity index (χ0n) is 5.97. The molecule has 0 radical (unpaired) electrons. The lowest BCUT2D eigenvalue weighted by Gasteiger charge is -2.13. The molecule has 0 atom stereocenters. The van der Waals surface area contributed by atoms with Gasteiger partial charge in [0.2, 0.25) is 0 Å². The molecule has 0 aliphatic carbocycles. The zero-order chi connectivity index (χ0) is 7.78. The van der Waals surface area contributed by atoms with Gasteiger partial charge in [-0.2, -0.15) is 5.10 Å². The van der Waals surface area contributed by atoms with Crippen molar-refractivity contribution >= 4 is 23.7 Å². The standard InChI is InChI=1S/C6H9ClN2O/c1-6(2)3-8-9(4-7)5(6)10/h3H,4H2,1-2H3. The predicted octanol–water partition coefficient (Wildman–Crippen LogP) is 1.04. The smallest absolute Gasteiger partial charge is 0.254 e. The Morgan fingerprint density at radius 2 is 2.40 bits per heavy atom. The van der Waals surface area contributed by atoms with Crippen LogP contribution in [0.5, 0.6) is 0 Å². The van der Waals surface area contributed by atoms with Crippen LogP contribution in [0.2, 0.25) is 0 Å². The quantitative estimate of drug-likeness (QED) is 0.417. The van der Waals surface area contributed by atoms with Crippen LogP contribution in [0.15, 0.2) is 5.10 Å². The fourth-order valence-electron chi connectivity index (χ4n) is 0.739. The van der Waals surface area contributed by atoms with Gasteiger partial charge in [0, 0.05) is 6.21 Å². The van der Waals surface area contributed by atoms with Crippen molar-refractivity contribution in [2.75, 3.05) is 6.00 Å². The maximum atomic E-state index is 11.2. The number of hydrazone groups is 1. The first-order valence-corrected chi connectivity index (χ1v) is 3.54. The minimum absolute atomic E-state index is 0.0394. The highest BCUT2D eigenvalue weighted by Gasteiger charge is 2.35. The molecule has 0 aromatic heterocycles. The summed E-state index contributed by atoms with van der Waals surface area (Å²) in [6.07, 6.45) is 1.61. The van der Waals surface area contributed by atoms with Crippen molar-refractivity contribution in [1.82, 2.24) is 5.01 Å². The summed E-state index contributed by atoms with van der Waals surface area (Å²) in [5.41, 5.74) is -0.463. The minimum atomic E-state index is -0.463. The largest absolute Gasteiger partial charge is 0.272 e. The minimum Gasteiger partial charge on any atom is -0.272 e. The molecule has 0 N–H and O–H groups in total. The Hall–Kier alpha value is -0.570. The van der Waals surface area contributed by atoms with Crippen LogP contribution in [0.1, 0.15) is 13.8 Å². The highest BCUT2D eigenvalue weighted by Crippen LogP contribution is 2.22. The molecule has 0 saturated carbocycles. The summed E-state index contributed by atoms with van der Waals surface area (Å²) in [7, 11) is 0. The number of alkyl halides is 1. The molecule has 1 rings (SSSR count). The van der Waals surface area contributed by atoms with Crippen LogP contribution in [0.4, 0.5) is 0 Å². The average Bonchev–Trinajstić information content (AvgIpc) is 2.10. The van der Waals surface area contributed by atoms with E-state index in [0.717, 1.165) is 0 Å². The van der Waals surface area contributed by atoms with Gasteiger partial charge in [-0.05, 0) is 13.8 Å². The lowest BCUT2D eigenvalue weighted by Crippen LogP contribution is -2.30. The highest BCUT2D eigenvalue weighted by atomic mass is 35.5. The fraction of sp³-hybridized carbons (Fsp3) is 0.667. The van der Waals surface area contributed by atoms with Gasteiger partial charge in [-0.15, -0.1) is 11.6 Å². The predicted molar refractivity (Wildman–Crippen MR) is 39.8 cm³/mol. The van der Waals surface area contributed by atoms with E-state index in [4.69, 9.17) is 11.6 Å². The molecular formula is C6H9ClN2O. The zero-order valence-corrected chi connectivity index (χ0v) is 6.72. The Bertz CT molecular complexity index is 188. The number of hydrogen-bond donors (Lipinski definition) is 0. The molecule has 0 unspecified atom stereocenters. The topological polar surface area (TPSA) is 32.7 Å². The Kier molecular flexibility index (Phi) is 1.68. The molecule has 10 heavy (non-hydrogen) atoms. The van der Waals surface area contributed by atoms with Crippen molar-refractivity contribution in [3.05, 3.63) is 0 Å². The van der Waals surface area contributed by atoms with Crippen molar-refractivity contribution < 1.29 is 4.79 Å². The lowest BCUT2D eigenvalue weighted by atomic mass is 9.95. The van der Waals surface area contributed by atoms with Crippen molar-refractivity contribution in [3.63, 3.8) is 0 Å². The molecule has 0 spiro atoms. The summed E-state index contributed by atoms with van der Waals surface area (Å²) < 4.78 is 0. The molecule has 1 heterocycles. The SMILES string of the molecule is CC1(C)C=NN(CCl)C1=O. The number of hydrogen-bond acceptors (Lipinski definition) is 2. The molecule has 0 aromatic rings. The monoisotopic (exact) mass is 160 g/mol. The Balaban J connectivity index is 2.78. The molecule has 4 heteroatoms. The Morgan fingerprint density at radius 3 is 2.60 bits per heavy atom. The van der Waals surface area contributed by atoms with E-state index in [1.165, 1.54) is 5.01 Å². The van der Waals surface area contributed by atoms with E-state index < -0.39 is 5.41 Å². The number of rotatable bonds is 1. The third-order valence-corrected chi connectivity index (χ3v) is 1.65. The normalized spacial score (nSPS) is 22.3. The van der Waals surface area contributed by atoms with Gasteiger partial charge in [-0.3, -0.25) is 4.79 Å². The summed E-state index contributed by atoms with van der Waals surface area (Å²) in [6, 6.07) is 0.138. The molecular weight excluding hydrogens is 152 g/mol. The number of carbonyl (C=O) groups excluding carboxylic acids is 1. The van der Waals surface area contributed by atoms with Crippen molar-refractivity contribution in [2.24, 2.45) is 10.5 Å². The molecule has 0 aromatic carbocycles. The second-order valence-electron chi connectivity index (χ2n) is 2.79. The molecule has 1 aliphatic heterocycles. The summed E-state index contributed by atoms with van der Waals surface area (Å²) in [5.74, 6) is -0.0394. The molecule has 1 aliphatic rings. The van der Waals surface area contributed by atoms with Gasteiger partial charge in [-0.1, -0.05) is 0 Å². The second-order valence-corrected chi connectivity index (χ2v) is 3.03. The van der Waals surface area contributed by atoms with E-state index in [1.807, 2.05) is 13.8 Å². The third kappa shape index (κ3) is 1.01. The van der Waals surface area contributed by atoms with Gasteiger partial charge in [0.25, 0.3) is 5.91 Å². The van der Waals surface area contributed by atoms with E-state index in [2.05, 4.69) is 5.10 Å². The molecule has 1 amide bonds. The summed E-state index contributed by atoms with van der Waals surface area (Å²) in [5, 5.41) is 5.07. The molecule has 56 valence electrons. The molecule has 0 bridgehead atoms. The molecule has 0 saturated heterocycles. The van der Waals surface area contributed by atoms with Gasteiger partial charge in [0.15, 0.2) is 0 Å². The Morgan fingerprint density at radius 1 is 1.80 bits per heavy atom. The molecule has 0 fully saturated rings. The van der Waals surface area contributed by atoms with E-state index >= 15 is 0 Å². The molecule has 3 nitrogen and oxygen atoms in total. The van der Waals surface area contributed by atoms with E-state index in [-0.39, 0.29) is 11.9 Å². The van der Waals surface area contributed by atoms with E-state index in [1.54, 1.807) is 6.21 Å². The number of amides is 1. The van der Waals surface area contributed by atoms with Crippen molar-refractivity contribution in [1.29, 1.82) is 0 Å². The van der Waals surface area contributed by atoms with Crippen LogP contribution >= 0.6 is 11.6 Å². The van der Waals surface area contributed by atoms with Gasteiger partial charge in [0.1, 0.15) is 6.00 Å². The number of carbonyl (C=O) groups is 1. The first-order chi connectivity index (χ1) is 4.58. The summed E-state index contributed by atoms with van der Waals surface area (Å²) in [4.78, 5) is 11.2. The van der Waals surface area contributed by atoms with Crippen LogP contribution in [0.3, 0.4) is 0 Å². The maximum absolute atomic E-state index is 11.2. The van der Waals surface area contributed by atoms with Gasteiger partial charge < -0.3 is 0 Å².